The van der Waals surface area contributed by atoms with E-state index in [2.05, 4.69) is 33.2 Å². The van der Waals surface area contributed by atoms with Gasteiger partial charge in [0.15, 0.2) is 0 Å². The molecule has 0 saturated heterocycles. The minimum atomic E-state index is -0.333. The Morgan fingerprint density at radius 1 is 1.35 bits per heavy atom. The Kier molecular flexibility index (Phi) is 5.52. The van der Waals surface area contributed by atoms with E-state index in [1.807, 2.05) is 18.2 Å². The van der Waals surface area contributed by atoms with Crippen LogP contribution in [0, 0.1) is 5.82 Å². The number of halogens is 3. The van der Waals surface area contributed by atoms with Crippen LogP contribution in [0.4, 0.5) is 4.39 Å². The van der Waals surface area contributed by atoms with Crippen molar-refractivity contribution in [3.8, 4) is 0 Å². The van der Waals surface area contributed by atoms with Crippen LogP contribution in [-0.2, 0) is 0 Å². The summed E-state index contributed by atoms with van der Waals surface area (Å²) in [5, 5.41) is 3.94. The molecule has 1 heterocycles. The van der Waals surface area contributed by atoms with E-state index in [1.54, 1.807) is 12.3 Å². The molecule has 2 aromatic rings. The van der Waals surface area contributed by atoms with Crippen LogP contribution >= 0.6 is 27.5 Å². The molecule has 0 bridgehead atoms. The smallest absolute Gasteiger partial charge is 0.146 e. The average molecular weight is 358 g/mol. The maximum Gasteiger partial charge on any atom is 0.146 e. The van der Waals surface area contributed by atoms with Crippen LogP contribution in [0.2, 0.25) is 5.02 Å². The summed E-state index contributed by atoms with van der Waals surface area (Å²) in [5.41, 5.74) is 1.41. The van der Waals surface area contributed by atoms with Crippen molar-refractivity contribution in [3.05, 3.63) is 63.1 Å². The van der Waals surface area contributed by atoms with Gasteiger partial charge in [0.1, 0.15) is 5.82 Å². The Labute approximate surface area is 131 Å². The van der Waals surface area contributed by atoms with Gasteiger partial charge in [0.05, 0.1) is 12.2 Å². The number of aromatic nitrogens is 1. The fourth-order valence-electron chi connectivity index (χ4n) is 2.03. The third kappa shape index (κ3) is 3.57. The summed E-state index contributed by atoms with van der Waals surface area (Å²) in [7, 11) is 0. The summed E-state index contributed by atoms with van der Waals surface area (Å²) < 4.78 is 14.9. The molecular formula is C15H15BrClFN2. The molecule has 20 heavy (non-hydrogen) atoms. The van der Waals surface area contributed by atoms with Crippen LogP contribution in [0.3, 0.4) is 0 Å². The molecule has 2 nitrogen and oxygen atoms in total. The maximum atomic E-state index is 14.0. The van der Waals surface area contributed by atoms with Gasteiger partial charge in [-0.05, 0) is 36.7 Å². The second-order valence-electron chi connectivity index (χ2n) is 4.45. The lowest BCUT2D eigenvalue weighted by Crippen LogP contribution is -2.24. The van der Waals surface area contributed by atoms with Gasteiger partial charge in [-0.3, -0.25) is 4.98 Å². The van der Waals surface area contributed by atoms with Crippen LogP contribution < -0.4 is 5.32 Å². The zero-order chi connectivity index (χ0) is 14.5. The highest BCUT2D eigenvalue weighted by Gasteiger charge is 2.19. The number of rotatable bonds is 5. The topological polar surface area (TPSA) is 24.9 Å². The first-order valence-corrected chi connectivity index (χ1v) is 7.58. The lowest BCUT2D eigenvalue weighted by Gasteiger charge is -2.21. The zero-order valence-corrected chi connectivity index (χ0v) is 13.4. The quantitative estimate of drug-likeness (QED) is 0.837. The van der Waals surface area contributed by atoms with E-state index in [0.717, 1.165) is 23.0 Å². The highest BCUT2D eigenvalue weighted by molar-refractivity contribution is 9.10. The molecule has 106 valence electrons. The molecule has 0 amide bonds. The first-order chi connectivity index (χ1) is 9.63. The molecule has 1 atom stereocenters. The largest absolute Gasteiger partial charge is 0.306 e. The normalized spacial score (nSPS) is 12.4. The molecule has 2 rings (SSSR count). The molecule has 0 aliphatic carbocycles. The van der Waals surface area contributed by atoms with E-state index in [0.29, 0.717) is 10.6 Å². The molecule has 1 unspecified atom stereocenters. The molecular weight excluding hydrogens is 343 g/mol. The molecule has 1 aromatic heterocycles. The molecule has 0 fully saturated rings. The van der Waals surface area contributed by atoms with Crippen molar-refractivity contribution in [1.29, 1.82) is 0 Å². The van der Waals surface area contributed by atoms with E-state index in [4.69, 9.17) is 11.6 Å². The fourth-order valence-corrected chi connectivity index (χ4v) is 2.81. The molecule has 0 radical (unpaired) electrons. The van der Waals surface area contributed by atoms with Gasteiger partial charge in [0.2, 0.25) is 0 Å². The lowest BCUT2D eigenvalue weighted by atomic mass is 9.99. The molecule has 0 aliphatic heterocycles. The summed E-state index contributed by atoms with van der Waals surface area (Å²) in [6.07, 6.45) is 3.77. The number of nitrogens with one attached hydrogen (secondary N) is 1. The summed E-state index contributed by atoms with van der Waals surface area (Å²) in [4.78, 5) is 3.79. The molecule has 0 aliphatic rings. The Morgan fingerprint density at radius 2 is 2.15 bits per heavy atom. The predicted octanol–water partition coefficient (Wildman–Crippen LogP) is 4.73. The van der Waals surface area contributed by atoms with E-state index in [9.17, 15) is 4.39 Å². The zero-order valence-electron chi connectivity index (χ0n) is 11.0. The van der Waals surface area contributed by atoms with Gasteiger partial charge in [-0.1, -0.05) is 40.5 Å². The molecule has 0 spiro atoms. The number of benzene rings is 1. The summed E-state index contributed by atoms with van der Waals surface area (Å²) in [6, 6.07) is 7.02. The van der Waals surface area contributed by atoms with Crippen molar-refractivity contribution in [2.45, 2.75) is 19.4 Å². The minimum Gasteiger partial charge on any atom is -0.306 e. The highest BCUT2D eigenvalue weighted by Crippen LogP contribution is 2.31. The Hall–Kier alpha value is -0.970. The maximum absolute atomic E-state index is 14.0. The lowest BCUT2D eigenvalue weighted by molar-refractivity contribution is 0.543. The summed E-state index contributed by atoms with van der Waals surface area (Å²) in [6.45, 7) is 2.84. The molecule has 1 N–H and O–H groups in total. The first-order valence-electron chi connectivity index (χ1n) is 6.41. The fraction of sp³-hybridized carbons (Fsp3) is 0.267. The third-order valence-corrected chi connectivity index (χ3v) is 3.81. The molecule has 0 saturated carbocycles. The third-order valence-electron chi connectivity index (χ3n) is 2.99. The van der Waals surface area contributed by atoms with Crippen LogP contribution in [0.15, 0.2) is 41.1 Å². The average Bonchev–Trinajstić information content (AvgIpc) is 2.42. The second-order valence-corrected chi connectivity index (χ2v) is 5.77. The number of hydrogen-bond acceptors (Lipinski definition) is 2. The van der Waals surface area contributed by atoms with E-state index in [-0.39, 0.29) is 11.9 Å². The SMILES string of the molecule is CCCNC(c1ccncc1F)c1ccc(Br)cc1Cl. The standard InChI is InChI=1S/C15H15BrClFN2/c1-2-6-20-15(12-5-7-19-9-14(12)18)11-4-3-10(16)8-13(11)17/h3-5,7-9,15,20H,2,6H2,1H3. The van der Waals surface area contributed by atoms with Gasteiger partial charge in [0.25, 0.3) is 0 Å². The highest BCUT2D eigenvalue weighted by atomic mass is 79.9. The van der Waals surface area contributed by atoms with Gasteiger partial charge in [-0.25, -0.2) is 4.39 Å². The molecule has 1 aromatic carbocycles. The van der Waals surface area contributed by atoms with Crippen LogP contribution in [0.5, 0.6) is 0 Å². The van der Waals surface area contributed by atoms with Crippen molar-refractivity contribution < 1.29 is 4.39 Å². The second kappa shape index (κ2) is 7.16. The van der Waals surface area contributed by atoms with E-state index in [1.165, 1.54) is 6.20 Å². The number of pyridine rings is 1. The summed E-state index contributed by atoms with van der Waals surface area (Å²) >= 11 is 9.68. The predicted molar refractivity (Wildman–Crippen MR) is 83.5 cm³/mol. The van der Waals surface area contributed by atoms with E-state index >= 15 is 0 Å². The van der Waals surface area contributed by atoms with Crippen LogP contribution in [0.25, 0.3) is 0 Å². The Bertz CT molecular complexity index is 592. The number of nitrogens with zero attached hydrogens (tertiary/aromatic N) is 1. The van der Waals surface area contributed by atoms with Crippen molar-refractivity contribution in [1.82, 2.24) is 10.3 Å². The van der Waals surface area contributed by atoms with E-state index < -0.39 is 0 Å². The van der Waals surface area contributed by atoms with Crippen molar-refractivity contribution >= 4 is 27.5 Å². The van der Waals surface area contributed by atoms with Gasteiger partial charge in [0, 0.05) is 21.3 Å². The Balaban J connectivity index is 2.44. The van der Waals surface area contributed by atoms with Crippen molar-refractivity contribution in [2.75, 3.05) is 6.54 Å². The van der Waals surface area contributed by atoms with Gasteiger partial charge >= 0.3 is 0 Å². The minimum absolute atomic E-state index is 0.279. The number of hydrogen-bond donors (Lipinski definition) is 1. The molecule has 5 heteroatoms. The monoisotopic (exact) mass is 356 g/mol. The van der Waals surface area contributed by atoms with Crippen molar-refractivity contribution in [3.63, 3.8) is 0 Å². The van der Waals surface area contributed by atoms with Crippen LogP contribution in [-0.4, -0.2) is 11.5 Å². The van der Waals surface area contributed by atoms with Gasteiger partial charge in [-0.15, -0.1) is 0 Å². The van der Waals surface area contributed by atoms with Gasteiger partial charge < -0.3 is 5.32 Å². The first kappa shape index (κ1) is 15.4. The van der Waals surface area contributed by atoms with Crippen molar-refractivity contribution in [2.24, 2.45) is 0 Å². The Morgan fingerprint density at radius 3 is 2.80 bits per heavy atom. The summed E-state index contributed by atoms with van der Waals surface area (Å²) in [5.74, 6) is -0.333. The van der Waals surface area contributed by atoms with Crippen LogP contribution in [0.1, 0.15) is 30.5 Å². The van der Waals surface area contributed by atoms with Gasteiger partial charge in [-0.2, -0.15) is 0 Å².